The van der Waals surface area contributed by atoms with Gasteiger partial charge in [0.15, 0.2) is 22.8 Å². The molecule has 1 amide bonds. The van der Waals surface area contributed by atoms with E-state index in [-0.39, 0.29) is 74.2 Å². The van der Waals surface area contributed by atoms with Crippen LogP contribution in [0.2, 0.25) is 0 Å². The lowest BCUT2D eigenvalue weighted by Gasteiger charge is -2.25. The number of rotatable bonds is 18. The second-order valence-electron chi connectivity index (χ2n) is 15.1. The molecule has 0 spiro atoms. The minimum Gasteiger partial charge on any atom is -0.478 e. The van der Waals surface area contributed by atoms with Crippen LogP contribution in [0.15, 0.2) is 69.3 Å². The number of hydrogen-bond donors (Lipinski definition) is 11. The zero-order valence-corrected chi connectivity index (χ0v) is 40.6. The number of carboxylic acid groups (broad SMARTS) is 1. The first-order valence-electron chi connectivity index (χ1n) is 19.0. The maximum atomic E-state index is 13.6. The van der Waals surface area contributed by atoms with Gasteiger partial charge in [0.1, 0.15) is 30.1 Å². The van der Waals surface area contributed by atoms with E-state index in [2.05, 4.69) is 54.1 Å². The molecule has 0 radical (unpaired) electrons. The summed E-state index contributed by atoms with van der Waals surface area (Å²) in [7, 11) is -14.4. The number of nitrogen functional groups attached to an aromatic ring is 2. The Morgan fingerprint density at radius 3 is 2.45 bits per heavy atom. The number of ether oxygens (including phenoxy) is 2. The maximum Gasteiger partial charge on any atom is 0.490 e. The second-order valence-corrected chi connectivity index (χ2v) is 23.3. The third-order valence-electron chi connectivity index (χ3n) is 9.80. The predicted molar refractivity (Wildman–Crippen MR) is 249 cm³/mol. The third-order valence-corrected chi connectivity index (χ3v) is 17.5. The van der Waals surface area contributed by atoms with Crippen LogP contribution in [-0.2, 0) is 36.3 Å². The highest BCUT2D eigenvalue weighted by Gasteiger charge is 2.44. The van der Waals surface area contributed by atoms with Crippen molar-refractivity contribution < 1.29 is 75.0 Å². The summed E-state index contributed by atoms with van der Waals surface area (Å²) in [6, 6.07) is 10.7. The van der Waals surface area contributed by atoms with Crippen LogP contribution in [0.25, 0.3) is 44.6 Å². The van der Waals surface area contributed by atoms with Gasteiger partial charge in [-0.05, 0) is 55.8 Å². The lowest BCUT2D eigenvalue weighted by molar-refractivity contribution is -0.0522. The first-order valence-corrected chi connectivity index (χ1v) is 26.8. The van der Waals surface area contributed by atoms with E-state index in [1.54, 1.807) is 18.2 Å². The number of carboxylic acids is 1. The summed E-state index contributed by atoms with van der Waals surface area (Å²) in [5.41, 5.74) is 14.2. The minimum absolute atomic E-state index is 0.0208. The number of nitrogens with one attached hydrogen (secondary N) is 2. The van der Waals surface area contributed by atoms with E-state index in [1.807, 2.05) is 13.8 Å². The number of nitrogens with zero attached hydrogens (tertiary/aromatic N) is 4. The Labute approximate surface area is 397 Å². The van der Waals surface area contributed by atoms with Crippen LogP contribution >= 0.6 is 70.3 Å². The van der Waals surface area contributed by atoms with Crippen molar-refractivity contribution in [2.45, 2.75) is 53.2 Å². The zero-order valence-electron chi connectivity index (χ0n) is 34.5. The first-order chi connectivity index (χ1) is 31.3. The molecule has 2 aromatic heterocycles. The van der Waals surface area contributed by atoms with Gasteiger partial charge >= 0.3 is 29.4 Å². The highest BCUT2D eigenvalue weighted by molar-refractivity contribution is 8.77. The number of aromatic nitrogens is 4. The monoisotopic (exact) mass is 1060 g/mol. The quantitative estimate of drug-likeness (QED) is 0.00917. The Balaban J connectivity index is 1.02. The topological polar surface area (TPSA) is 377 Å². The molecule has 1 aliphatic carbocycles. The van der Waals surface area contributed by atoms with Crippen molar-refractivity contribution in [3.63, 3.8) is 0 Å². The largest absolute Gasteiger partial charge is 0.490 e. The standard InChI is InChI=1S/C36H39N8O16P3S4/c1-36(2,12-40-34(45)16-3-4-17(20(9-16)35(46)47)26-18-5-7-21(37)30(64)28(18)58-29-19(26)6-8-22(38)31(29)65)67-66-15-55-23-10-25(44-14-43-27-32(39)41-13-42-33(27)44)57-24(23)11-56-62(51,52)60-63(53,54)59-61(48,49)50/h3-9,13-14,23-25,37,64-65H,10-12,15,38H2,1-2H3,(H,40,45)(H,46,47)(H,51,52)(H,53,54)(H2,39,41,42)(H2,48,49,50)/t23-,24-,25-/m1/s1. The van der Waals surface area contributed by atoms with Crippen molar-refractivity contribution >= 4 is 116 Å². The summed E-state index contributed by atoms with van der Waals surface area (Å²) in [5.74, 6) is -1.58. The number of hydrogen-bond acceptors (Lipinski definition) is 21. The first kappa shape index (κ1) is 50.8. The van der Waals surface area contributed by atoms with Crippen molar-refractivity contribution in [2.75, 3.05) is 30.6 Å². The minimum atomic E-state index is -5.79. The fraction of sp³-hybridized carbons (Fsp3) is 0.278. The van der Waals surface area contributed by atoms with Gasteiger partial charge in [-0.25, -0.2) is 33.4 Å². The van der Waals surface area contributed by atoms with Gasteiger partial charge in [0.25, 0.3) is 5.91 Å². The number of imidazole rings is 1. The molecule has 3 aliphatic rings. The molecule has 2 unspecified atom stereocenters. The van der Waals surface area contributed by atoms with Crippen molar-refractivity contribution in [1.29, 1.82) is 5.41 Å². The van der Waals surface area contributed by atoms with E-state index in [4.69, 9.17) is 45.1 Å². The number of phosphoric ester groups is 1. The molecular weight excluding hydrogens is 1020 g/mol. The summed E-state index contributed by atoms with van der Waals surface area (Å²) < 4.78 is 67.1. The summed E-state index contributed by atoms with van der Waals surface area (Å²) in [5, 5.41) is 22.1. The Bertz CT molecular complexity index is 3100. The van der Waals surface area contributed by atoms with Crippen LogP contribution in [0.3, 0.4) is 0 Å². The van der Waals surface area contributed by atoms with E-state index in [0.29, 0.717) is 27.1 Å². The molecule has 11 N–H and O–H groups in total. The number of carbonyl (C=O) groups is 2. The van der Waals surface area contributed by atoms with E-state index in [1.165, 1.54) is 63.1 Å². The molecule has 7 rings (SSSR count). The molecule has 5 atom stereocenters. The molecule has 1 fully saturated rings. The number of phosphoric acid groups is 3. The van der Waals surface area contributed by atoms with Crippen LogP contribution in [0.1, 0.15) is 47.2 Å². The lowest BCUT2D eigenvalue weighted by Crippen LogP contribution is -2.36. The van der Waals surface area contributed by atoms with Crippen LogP contribution in [0.5, 0.6) is 0 Å². The number of carbonyl (C=O) groups excluding carboxylic acids is 1. The summed E-state index contributed by atoms with van der Waals surface area (Å²) in [6.07, 6.45) is -0.226. The second kappa shape index (κ2) is 19.7. The molecule has 67 heavy (non-hydrogen) atoms. The smallest absolute Gasteiger partial charge is 0.478 e. The van der Waals surface area contributed by atoms with E-state index in [9.17, 15) is 38.2 Å². The Morgan fingerprint density at radius 1 is 1.00 bits per heavy atom. The van der Waals surface area contributed by atoms with Gasteiger partial charge in [0.05, 0.1) is 39.7 Å². The molecule has 2 aromatic carbocycles. The molecule has 1 saturated heterocycles. The molecular formula is C36H39N8O16P3S4. The third kappa shape index (κ3) is 11.7. The predicted octanol–water partition coefficient (Wildman–Crippen LogP) is 5.83. The Kier molecular flexibility index (Phi) is 15.0. The number of benzene rings is 3. The van der Waals surface area contributed by atoms with Crippen LogP contribution in [0.4, 0.5) is 11.5 Å². The number of thiol groups is 2. The fourth-order valence-corrected chi connectivity index (χ4v) is 12.5. The Hall–Kier alpha value is -4.05. The Morgan fingerprint density at radius 2 is 1.73 bits per heavy atom. The van der Waals surface area contributed by atoms with E-state index < -0.39 is 65.1 Å². The van der Waals surface area contributed by atoms with Crippen molar-refractivity contribution in [3.05, 3.63) is 71.6 Å². The average molecular weight is 1060 g/mol. The fourth-order valence-electron chi connectivity index (χ4n) is 6.85. The van der Waals surface area contributed by atoms with Crippen LogP contribution in [-0.4, -0.2) is 92.1 Å². The van der Waals surface area contributed by atoms with Gasteiger partial charge in [-0.1, -0.05) is 27.7 Å². The summed E-state index contributed by atoms with van der Waals surface area (Å²) in [6.45, 7) is 2.99. The molecule has 4 heterocycles. The number of amides is 1. The molecule has 4 aromatic rings. The zero-order chi connectivity index (χ0) is 48.8. The molecule has 358 valence electrons. The molecule has 0 bridgehead atoms. The number of fused-ring (bicyclic) bond motifs is 3. The van der Waals surface area contributed by atoms with Gasteiger partial charge in [-0.2, -0.15) is 8.62 Å². The van der Waals surface area contributed by atoms with Gasteiger partial charge < -0.3 is 55.4 Å². The molecule has 31 heteroatoms. The number of aromatic carboxylic acids is 1. The van der Waals surface area contributed by atoms with Gasteiger partial charge in [0, 0.05) is 45.5 Å². The van der Waals surface area contributed by atoms with Crippen LogP contribution in [0, 0.1) is 5.41 Å². The van der Waals surface area contributed by atoms with Gasteiger partial charge in [0.2, 0.25) is 0 Å². The normalized spacial score (nSPS) is 18.6. The average Bonchev–Trinajstić information content (AvgIpc) is 3.86. The van der Waals surface area contributed by atoms with Crippen molar-refractivity contribution in [2.24, 2.45) is 0 Å². The van der Waals surface area contributed by atoms with E-state index >= 15 is 0 Å². The lowest BCUT2D eigenvalue weighted by atomic mass is 9.89. The highest BCUT2D eigenvalue weighted by atomic mass is 33.1. The van der Waals surface area contributed by atoms with Crippen LogP contribution < -0.4 is 22.1 Å². The maximum absolute atomic E-state index is 13.6. The summed E-state index contributed by atoms with van der Waals surface area (Å²) >= 11 is 9.02. The van der Waals surface area contributed by atoms with Crippen molar-refractivity contribution in [1.82, 2.24) is 24.8 Å². The number of anilines is 2. The SMILES string of the molecule is CC(C)(CNC(=O)c1ccc(-c2c3ccc(=N)c(S)c-3oc3c(S)c(N)ccc23)c(C(=O)O)c1)SSCO[C@@H]1C[C@H](n2cnc3c(N)ncnc32)O[C@@H]1COP(=O)(O)OP(=O)(O)OP(=O)(O)O. The van der Waals surface area contributed by atoms with Gasteiger partial charge in [-0.3, -0.25) is 19.3 Å². The summed E-state index contributed by atoms with van der Waals surface area (Å²) in [4.78, 5) is 76.6. The van der Waals surface area contributed by atoms with Crippen molar-refractivity contribution in [3.8, 4) is 22.5 Å². The number of nitrogens with two attached hydrogens (primary N) is 2. The highest BCUT2D eigenvalue weighted by Crippen LogP contribution is 2.66. The molecule has 24 nitrogen and oxygen atoms in total. The van der Waals surface area contributed by atoms with Gasteiger partial charge in [-0.15, -0.1) is 25.3 Å². The molecule has 0 saturated carbocycles. The molecule has 2 aliphatic heterocycles. The van der Waals surface area contributed by atoms with E-state index in [0.717, 1.165) is 0 Å².